The van der Waals surface area contributed by atoms with Crippen LogP contribution in [0.4, 0.5) is 0 Å². The zero-order valence-corrected chi connectivity index (χ0v) is 12.7. The van der Waals surface area contributed by atoms with Crippen LogP contribution in [0.5, 0.6) is 0 Å². The topological polar surface area (TPSA) is 72.2 Å². The van der Waals surface area contributed by atoms with Gasteiger partial charge in [0, 0.05) is 5.29 Å². The van der Waals surface area contributed by atoms with Crippen LogP contribution in [0.25, 0.3) is 0 Å². The molecule has 0 aliphatic heterocycles. The van der Waals surface area contributed by atoms with Crippen LogP contribution in [0, 0.1) is 0 Å². The molecule has 14 heavy (non-hydrogen) atoms. The maximum atomic E-state index is 11.0. The van der Waals surface area contributed by atoms with Crippen molar-refractivity contribution in [2.45, 2.75) is 44.6 Å². The molecule has 0 unspecified atom stereocenters. The Morgan fingerprint density at radius 3 is 1.36 bits per heavy atom. The molecule has 0 aromatic rings. The fourth-order valence-electron chi connectivity index (χ4n) is 1.82. The Labute approximate surface area is 89.5 Å². The summed E-state index contributed by atoms with van der Waals surface area (Å²) in [5, 5.41) is 5.12. The van der Waals surface area contributed by atoms with Gasteiger partial charge in [-0.3, -0.25) is 0 Å². The van der Waals surface area contributed by atoms with Crippen molar-refractivity contribution in [3.63, 3.8) is 0 Å². The molecule has 3 N–H and O–H groups in total. The van der Waals surface area contributed by atoms with Crippen LogP contribution < -0.4 is 9.86 Å². The summed E-state index contributed by atoms with van der Waals surface area (Å²) in [5.74, 6) is 0. The van der Waals surface area contributed by atoms with Gasteiger partial charge in [-0.2, -0.15) is 8.42 Å². The Balaban J connectivity index is 4.97. The Kier molecular flexibility index (Phi) is 4.14. The summed E-state index contributed by atoms with van der Waals surface area (Å²) >= 11 is 0. The molecule has 7 heteroatoms. The Morgan fingerprint density at radius 2 is 1.29 bits per heavy atom. The second-order valence-electron chi connectivity index (χ2n) is 5.83. The Bertz CT molecular complexity index is 276. The fourth-order valence-corrected chi connectivity index (χ4v) is 16.4. The van der Waals surface area contributed by atoms with E-state index in [2.05, 4.69) is 44.0 Å². The van der Waals surface area contributed by atoms with Gasteiger partial charge in [0.05, 0.1) is 16.1 Å². The fraction of sp³-hybridized carbons (Fsp3) is 1.00. The van der Waals surface area contributed by atoms with E-state index in [4.69, 9.17) is 5.14 Å². The number of hydrogen-bond donors (Lipinski definition) is 2. The third kappa shape index (κ3) is 5.25. The lowest BCUT2D eigenvalue weighted by molar-refractivity contribution is 0.585. The van der Waals surface area contributed by atoms with E-state index in [1.807, 2.05) is 0 Å². The molecule has 0 spiro atoms. The van der Waals surface area contributed by atoms with Crippen molar-refractivity contribution in [3.05, 3.63) is 0 Å². The zero-order valence-electron chi connectivity index (χ0n) is 9.88. The molecule has 0 aromatic carbocycles. The minimum atomic E-state index is -3.57. The van der Waals surface area contributed by atoms with E-state index in [9.17, 15) is 8.42 Å². The van der Waals surface area contributed by atoms with Crippen molar-refractivity contribution < 1.29 is 8.42 Å². The summed E-state index contributed by atoms with van der Waals surface area (Å²) in [6, 6.07) is 0. The Hall–Kier alpha value is 0.304. The molecule has 86 valence electrons. The van der Waals surface area contributed by atoms with E-state index in [0.717, 1.165) is 0 Å². The van der Waals surface area contributed by atoms with E-state index in [1.54, 1.807) is 0 Å². The highest BCUT2D eigenvalue weighted by Crippen LogP contribution is 2.19. The van der Waals surface area contributed by atoms with Crippen LogP contribution in [0.15, 0.2) is 0 Å². The molecular weight excluding hydrogens is 232 g/mol. The van der Waals surface area contributed by atoms with E-state index < -0.39 is 26.4 Å². The van der Waals surface area contributed by atoms with Crippen LogP contribution in [0.3, 0.4) is 0 Å². The summed E-state index contributed by atoms with van der Waals surface area (Å²) in [5.41, 5.74) is 0. The Morgan fingerprint density at radius 1 is 1.00 bits per heavy atom. The van der Waals surface area contributed by atoms with Gasteiger partial charge in [-0.05, 0) is 0 Å². The summed E-state index contributed by atoms with van der Waals surface area (Å²) in [6.07, 6.45) is 0. The molecule has 4 nitrogen and oxygen atoms in total. The van der Waals surface area contributed by atoms with Crippen molar-refractivity contribution in [1.29, 1.82) is 0 Å². The first kappa shape index (κ1) is 14.3. The maximum absolute atomic E-state index is 11.0. The first-order valence-electron chi connectivity index (χ1n) is 4.64. The van der Waals surface area contributed by atoms with Gasteiger partial charge in [-0.25, -0.2) is 9.86 Å². The van der Waals surface area contributed by atoms with Gasteiger partial charge >= 0.3 is 0 Å². The van der Waals surface area contributed by atoms with Gasteiger partial charge in [0.2, 0.25) is 0 Å². The summed E-state index contributed by atoms with van der Waals surface area (Å²) < 4.78 is 24.7. The molecule has 0 bridgehead atoms. The first-order chi connectivity index (χ1) is 5.84. The average Bonchev–Trinajstić information content (AvgIpc) is 1.75. The predicted octanol–water partition coefficient (Wildman–Crippen LogP) is 0.903. The van der Waals surface area contributed by atoms with Gasteiger partial charge in [0.15, 0.2) is 0 Å². The predicted molar refractivity (Wildman–Crippen MR) is 66.7 cm³/mol. The second-order valence-corrected chi connectivity index (χ2v) is 18.3. The molecule has 0 aromatic heterocycles. The molecule has 0 aliphatic rings. The molecule has 0 fully saturated rings. The number of nitrogens with two attached hydrogens (primary N) is 1. The number of nitrogens with one attached hydrogen (secondary N) is 1. The lowest BCUT2D eigenvalue weighted by atomic mass is 11.4. The van der Waals surface area contributed by atoms with Crippen molar-refractivity contribution in [1.82, 2.24) is 4.72 Å². The number of rotatable bonds is 4. The third-order valence-corrected chi connectivity index (χ3v) is 11.9. The maximum Gasteiger partial charge on any atom is 0.274 e. The highest BCUT2D eigenvalue weighted by molar-refractivity contribution is 7.87. The lowest BCUT2D eigenvalue weighted by Crippen LogP contribution is -2.64. The van der Waals surface area contributed by atoms with Crippen molar-refractivity contribution in [2.24, 2.45) is 5.14 Å². The molecular formula is C7H22N2O2SSi2. The van der Waals surface area contributed by atoms with Crippen molar-refractivity contribution >= 4 is 26.4 Å². The molecule has 0 aliphatic carbocycles. The lowest BCUT2D eigenvalue weighted by Gasteiger charge is -2.37. The minimum Gasteiger partial charge on any atom is -0.216 e. The van der Waals surface area contributed by atoms with Crippen LogP contribution in [0.2, 0.25) is 39.3 Å². The van der Waals surface area contributed by atoms with E-state index in [1.165, 1.54) is 0 Å². The second kappa shape index (κ2) is 4.05. The highest BCUT2D eigenvalue weighted by Gasteiger charge is 2.39. The molecule has 0 saturated carbocycles. The SMILES string of the molecule is C[Si](C)(C)C(NS(N)(=O)=O)[Si](C)(C)C. The molecule has 0 radical (unpaired) electrons. The third-order valence-electron chi connectivity index (χ3n) is 2.01. The minimum absolute atomic E-state index is 0.0880. The highest BCUT2D eigenvalue weighted by atomic mass is 32.2. The summed E-state index contributed by atoms with van der Waals surface area (Å²) in [6.45, 7) is 13.0. The van der Waals surface area contributed by atoms with Gasteiger partial charge in [-0.1, -0.05) is 39.3 Å². The van der Waals surface area contributed by atoms with E-state index >= 15 is 0 Å². The van der Waals surface area contributed by atoms with Crippen LogP contribution in [-0.2, 0) is 10.2 Å². The monoisotopic (exact) mass is 254 g/mol. The van der Waals surface area contributed by atoms with Gasteiger partial charge in [-0.15, -0.1) is 0 Å². The molecule has 0 amide bonds. The van der Waals surface area contributed by atoms with Crippen molar-refractivity contribution in [2.75, 3.05) is 0 Å². The van der Waals surface area contributed by atoms with E-state index in [0.29, 0.717) is 0 Å². The van der Waals surface area contributed by atoms with Crippen LogP contribution in [0.1, 0.15) is 0 Å². The largest absolute Gasteiger partial charge is 0.274 e. The van der Waals surface area contributed by atoms with Crippen LogP contribution in [-0.4, -0.2) is 29.9 Å². The smallest absolute Gasteiger partial charge is 0.216 e. The number of hydrogen-bond acceptors (Lipinski definition) is 2. The summed E-state index contributed by atoms with van der Waals surface area (Å²) in [4.78, 5) is 0. The van der Waals surface area contributed by atoms with Gasteiger partial charge in [0.25, 0.3) is 10.2 Å². The zero-order chi connectivity index (χ0) is 11.8. The first-order valence-corrected chi connectivity index (χ1v) is 13.3. The van der Waals surface area contributed by atoms with E-state index in [-0.39, 0.29) is 5.29 Å². The molecule has 0 rings (SSSR count). The summed E-state index contributed by atoms with van der Waals surface area (Å²) in [7, 11) is -6.65. The molecule has 0 saturated heterocycles. The van der Waals surface area contributed by atoms with Crippen LogP contribution >= 0.6 is 0 Å². The molecule has 0 atom stereocenters. The normalized spacial score (nSPS) is 14.9. The molecule has 0 heterocycles. The van der Waals surface area contributed by atoms with Crippen molar-refractivity contribution in [3.8, 4) is 0 Å². The van der Waals surface area contributed by atoms with Gasteiger partial charge < -0.3 is 0 Å². The quantitative estimate of drug-likeness (QED) is 0.732. The standard InChI is InChI=1S/C7H22N2O2SSi2/c1-13(2,3)7(14(4,5)6)9-12(8,10)11/h7,9H,1-6H3,(H2,8,10,11). The van der Waals surface area contributed by atoms with Gasteiger partial charge in [0.1, 0.15) is 0 Å². The average molecular weight is 255 g/mol.